The fraction of sp³-hybridized carbons (Fsp3) is 0.419. The fourth-order valence-electron chi connectivity index (χ4n) is 4.44. The summed E-state index contributed by atoms with van der Waals surface area (Å²) in [7, 11) is 1.26. The molecule has 0 saturated heterocycles. The topological polar surface area (TPSA) is 168 Å². The number of aromatic nitrogens is 1. The molecule has 0 aliphatic heterocycles. The van der Waals surface area contributed by atoms with Crippen LogP contribution in [0.4, 0.5) is 15.3 Å². The molecule has 0 aliphatic rings. The summed E-state index contributed by atoms with van der Waals surface area (Å²) >= 11 is 0. The van der Waals surface area contributed by atoms with Gasteiger partial charge in [-0.05, 0) is 56.5 Å². The van der Waals surface area contributed by atoms with Crippen molar-refractivity contribution in [1.29, 1.82) is 0 Å². The van der Waals surface area contributed by atoms with Crippen LogP contribution in [0.2, 0.25) is 0 Å². The molecule has 2 amide bonds. The maximum atomic E-state index is 13.7. The molecular formula is C31H38N4O9. The third-order valence-electron chi connectivity index (χ3n) is 6.57. The number of unbranched alkanes of at least 4 members (excludes halogenated alkanes) is 1. The van der Waals surface area contributed by atoms with E-state index in [1.54, 1.807) is 51.2 Å². The minimum Gasteiger partial charge on any atom is -0.459 e. The molecule has 0 unspecified atom stereocenters. The van der Waals surface area contributed by atoms with Gasteiger partial charge in [-0.2, -0.15) is 0 Å². The Morgan fingerprint density at radius 2 is 1.68 bits per heavy atom. The van der Waals surface area contributed by atoms with Gasteiger partial charge in [0.15, 0.2) is 0 Å². The van der Waals surface area contributed by atoms with E-state index < -0.39 is 46.7 Å². The van der Waals surface area contributed by atoms with E-state index in [2.05, 4.69) is 10.6 Å². The fourth-order valence-corrected chi connectivity index (χ4v) is 4.44. The van der Waals surface area contributed by atoms with Crippen LogP contribution in [0.1, 0.15) is 58.1 Å². The number of hydrogen-bond donors (Lipinski definition) is 2. The summed E-state index contributed by atoms with van der Waals surface area (Å²) in [5.74, 6) is -1.34. The highest BCUT2D eigenvalue weighted by atomic mass is 16.6. The summed E-state index contributed by atoms with van der Waals surface area (Å²) in [6.07, 6.45) is 1.68. The third-order valence-corrected chi connectivity index (χ3v) is 6.57. The number of nitrogens with zero attached hydrogens (tertiary/aromatic N) is 2. The lowest BCUT2D eigenvalue weighted by molar-refractivity contribution is -0.384. The van der Waals surface area contributed by atoms with Gasteiger partial charge in [-0.25, -0.2) is 14.4 Å². The van der Waals surface area contributed by atoms with Gasteiger partial charge < -0.3 is 24.8 Å². The van der Waals surface area contributed by atoms with E-state index in [0.717, 1.165) is 6.42 Å². The maximum Gasteiger partial charge on any atom is 0.418 e. The highest BCUT2D eigenvalue weighted by Gasteiger charge is 2.30. The summed E-state index contributed by atoms with van der Waals surface area (Å²) in [6, 6.07) is 10.4. The van der Waals surface area contributed by atoms with Crippen LogP contribution in [0.3, 0.4) is 0 Å². The Hall–Kier alpha value is -4.94. The van der Waals surface area contributed by atoms with E-state index in [4.69, 9.17) is 14.2 Å². The smallest absolute Gasteiger partial charge is 0.418 e. The zero-order chi connectivity index (χ0) is 32.4. The number of ether oxygens (including phenoxy) is 3. The molecule has 236 valence electrons. The number of carbonyl (C=O) groups excluding carboxylic acids is 4. The maximum absolute atomic E-state index is 13.7. The zero-order valence-corrected chi connectivity index (χ0v) is 25.5. The molecule has 44 heavy (non-hydrogen) atoms. The molecule has 1 heterocycles. The van der Waals surface area contributed by atoms with E-state index in [0.29, 0.717) is 28.5 Å². The largest absolute Gasteiger partial charge is 0.459 e. The monoisotopic (exact) mass is 610 g/mol. The summed E-state index contributed by atoms with van der Waals surface area (Å²) < 4.78 is 17.0. The molecule has 3 aromatic rings. The SMILES string of the molecule is CCCC[C@@H](NC(=O)[C@@H](Cc1cn(C(=O)OC)c2ccccc12)NC(=O)OC(C)(C)C)C(=O)OCc1ccc([N+](=O)[O-])cc1. The molecule has 2 aromatic carbocycles. The third kappa shape index (κ3) is 9.28. The first kappa shape index (κ1) is 33.6. The van der Waals surface area contributed by atoms with Crippen molar-refractivity contribution in [3.05, 3.63) is 76.0 Å². The number of para-hydroxylation sites is 1. The Morgan fingerprint density at radius 1 is 1.00 bits per heavy atom. The molecule has 0 aliphatic carbocycles. The number of alkyl carbamates (subject to hydrolysis) is 1. The van der Waals surface area contributed by atoms with Crippen molar-refractivity contribution in [3.8, 4) is 0 Å². The first-order chi connectivity index (χ1) is 20.8. The molecule has 13 heteroatoms. The number of nitro benzene ring substituents is 1. The van der Waals surface area contributed by atoms with Gasteiger partial charge in [-0.3, -0.25) is 19.5 Å². The van der Waals surface area contributed by atoms with Crippen molar-refractivity contribution in [1.82, 2.24) is 15.2 Å². The number of carbonyl (C=O) groups is 4. The van der Waals surface area contributed by atoms with Gasteiger partial charge in [0.1, 0.15) is 24.3 Å². The number of amides is 2. The van der Waals surface area contributed by atoms with Gasteiger partial charge in [0.05, 0.1) is 17.5 Å². The zero-order valence-electron chi connectivity index (χ0n) is 25.5. The lowest BCUT2D eigenvalue weighted by Crippen LogP contribution is -2.53. The van der Waals surface area contributed by atoms with Crippen LogP contribution in [-0.2, 0) is 36.8 Å². The lowest BCUT2D eigenvalue weighted by atomic mass is 10.0. The standard InChI is InChI=1S/C31H38N4O9/c1-6-7-11-24(28(37)43-19-20-13-15-22(16-14-20)35(40)41)32-27(36)25(33-29(38)44-31(2,3)4)17-21-18-34(30(39)42-5)26-12-9-8-10-23(21)26/h8-10,12-16,18,24-25H,6-7,11,17,19H2,1-5H3,(H,32,36)(H,33,38)/t24-,25-/m1/s1. The summed E-state index contributed by atoms with van der Waals surface area (Å²) in [5.41, 5.74) is 0.744. The van der Waals surface area contributed by atoms with Gasteiger partial charge >= 0.3 is 18.2 Å². The van der Waals surface area contributed by atoms with E-state index in [1.165, 1.54) is 35.9 Å². The minimum absolute atomic E-state index is 0.0338. The average molecular weight is 611 g/mol. The lowest BCUT2D eigenvalue weighted by Gasteiger charge is -2.25. The summed E-state index contributed by atoms with van der Waals surface area (Å²) in [5, 5.41) is 16.9. The second kappa shape index (κ2) is 15.0. The van der Waals surface area contributed by atoms with Crippen molar-refractivity contribution < 1.29 is 38.3 Å². The first-order valence-corrected chi connectivity index (χ1v) is 14.2. The first-order valence-electron chi connectivity index (χ1n) is 14.2. The predicted molar refractivity (Wildman–Crippen MR) is 161 cm³/mol. The molecule has 1 aromatic heterocycles. The molecule has 0 radical (unpaired) electrons. The van der Waals surface area contributed by atoms with Gasteiger partial charge in [0.2, 0.25) is 5.91 Å². The molecule has 3 rings (SSSR count). The summed E-state index contributed by atoms with van der Waals surface area (Å²) in [4.78, 5) is 62.4. The Morgan fingerprint density at radius 3 is 2.30 bits per heavy atom. The van der Waals surface area contributed by atoms with Gasteiger partial charge in [-0.1, -0.05) is 38.0 Å². The van der Waals surface area contributed by atoms with Gasteiger partial charge in [0, 0.05) is 30.1 Å². The van der Waals surface area contributed by atoms with Crippen LogP contribution in [0.5, 0.6) is 0 Å². The normalized spacial score (nSPS) is 12.6. The van der Waals surface area contributed by atoms with Crippen molar-refractivity contribution >= 4 is 40.7 Å². The van der Waals surface area contributed by atoms with Crippen LogP contribution < -0.4 is 10.6 Å². The van der Waals surface area contributed by atoms with Gasteiger partial charge in [0.25, 0.3) is 5.69 Å². The van der Waals surface area contributed by atoms with Crippen LogP contribution in [0.15, 0.2) is 54.7 Å². The Kier molecular flexibility index (Phi) is 11.4. The number of nitro groups is 1. The predicted octanol–water partition coefficient (Wildman–Crippen LogP) is 5.02. The van der Waals surface area contributed by atoms with Crippen LogP contribution >= 0.6 is 0 Å². The quantitative estimate of drug-likeness (QED) is 0.124. The molecule has 13 nitrogen and oxygen atoms in total. The van der Waals surface area contributed by atoms with Crippen LogP contribution in [0, 0.1) is 10.1 Å². The number of non-ortho nitro benzene ring substituents is 1. The number of hydrogen-bond acceptors (Lipinski definition) is 9. The van der Waals surface area contributed by atoms with Crippen molar-refractivity contribution in [3.63, 3.8) is 0 Å². The van der Waals surface area contributed by atoms with E-state index in [9.17, 15) is 29.3 Å². The number of esters is 1. The Labute approximate surface area is 255 Å². The highest BCUT2D eigenvalue weighted by molar-refractivity contribution is 5.94. The van der Waals surface area contributed by atoms with Crippen molar-refractivity contribution in [2.45, 2.75) is 77.7 Å². The molecular weight excluding hydrogens is 572 g/mol. The number of rotatable bonds is 12. The second-order valence-corrected chi connectivity index (χ2v) is 11.1. The van der Waals surface area contributed by atoms with E-state index in [1.807, 2.05) is 6.92 Å². The number of methoxy groups -OCH3 is 1. The molecule has 0 spiro atoms. The summed E-state index contributed by atoms with van der Waals surface area (Å²) in [6.45, 7) is 6.85. The number of benzene rings is 2. The number of nitrogens with one attached hydrogen (secondary N) is 2. The highest BCUT2D eigenvalue weighted by Crippen LogP contribution is 2.23. The van der Waals surface area contributed by atoms with Crippen molar-refractivity contribution in [2.24, 2.45) is 0 Å². The van der Waals surface area contributed by atoms with Crippen LogP contribution in [-0.4, -0.2) is 58.3 Å². The van der Waals surface area contributed by atoms with Crippen molar-refractivity contribution in [2.75, 3.05) is 7.11 Å². The average Bonchev–Trinajstić information content (AvgIpc) is 3.34. The van der Waals surface area contributed by atoms with Gasteiger partial charge in [-0.15, -0.1) is 0 Å². The Balaban J connectivity index is 1.84. The number of fused-ring (bicyclic) bond motifs is 1. The van der Waals surface area contributed by atoms with E-state index >= 15 is 0 Å². The second-order valence-electron chi connectivity index (χ2n) is 11.1. The minimum atomic E-state index is -1.19. The molecule has 0 fully saturated rings. The molecule has 2 N–H and O–H groups in total. The molecule has 0 bridgehead atoms. The molecule has 2 atom stereocenters. The Bertz CT molecular complexity index is 1490. The van der Waals surface area contributed by atoms with Crippen LogP contribution in [0.25, 0.3) is 10.9 Å². The van der Waals surface area contributed by atoms with E-state index in [-0.39, 0.29) is 25.1 Å². The molecule has 0 saturated carbocycles.